The fourth-order valence-corrected chi connectivity index (χ4v) is 4.03. The average molecular weight is 326 g/mol. The summed E-state index contributed by atoms with van der Waals surface area (Å²) in [7, 11) is -2.22. The first kappa shape index (κ1) is 16.8. The van der Waals surface area contributed by atoms with Crippen LogP contribution in [-0.2, 0) is 14.8 Å². The normalized spacial score (nSPS) is 16.6. The van der Waals surface area contributed by atoms with E-state index in [9.17, 15) is 13.2 Å². The first-order chi connectivity index (χ1) is 10.3. The molecule has 1 aliphatic rings. The van der Waals surface area contributed by atoms with E-state index < -0.39 is 16.1 Å². The van der Waals surface area contributed by atoms with Gasteiger partial charge in [0.15, 0.2) is 0 Å². The molecule has 1 amide bonds. The standard InChI is InChI=1S/C15H22N2O4S/c1-11-10-13(21-3)6-7-14(11)22(19,20)16-12(2)15(18)17-8-4-5-9-17/h6-7,10,12,16H,4-5,8-9H2,1-3H3/t12-/m0/s1. The Morgan fingerprint density at radius 3 is 2.50 bits per heavy atom. The Kier molecular flexibility index (Phi) is 5.08. The number of methoxy groups -OCH3 is 1. The molecule has 0 radical (unpaired) electrons. The Balaban J connectivity index is 2.15. The molecule has 1 fully saturated rings. The number of nitrogens with zero attached hydrogens (tertiary/aromatic N) is 1. The van der Waals surface area contributed by atoms with Crippen molar-refractivity contribution in [3.63, 3.8) is 0 Å². The molecule has 1 aromatic rings. The van der Waals surface area contributed by atoms with Crippen LogP contribution in [0, 0.1) is 6.92 Å². The van der Waals surface area contributed by atoms with Crippen LogP contribution in [0.4, 0.5) is 0 Å². The molecular weight excluding hydrogens is 304 g/mol. The van der Waals surface area contributed by atoms with Gasteiger partial charge >= 0.3 is 0 Å². The van der Waals surface area contributed by atoms with Gasteiger partial charge in [-0.25, -0.2) is 8.42 Å². The number of benzene rings is 1. The van der Waals surface area contributed by atoms with E-state index in [-0.39, 0.29) is 10.8 Å². The maximum atomic E-state index is 12.5. The number of amides is 1. The molecule has 0 aromatic heterocycles. The number of nitrogens with one attached hydrogen (secondary N) is 1. The van der Waals surface area contributed by atoms with Crippen LogP contribution in [0.2, 0.25) is 0 Å². The summed E-state index contributed by atoms with van der Waals surface area (Å²) in [5.74, 6) is 0.421. The maximum Gasteiger partial charge on any atom is 0.241 e. The number of carbonyl (C=O) groups excluding carboxylic acids is 1. The summed E-state index contributed by atoms with van der Waals surface area (Å²) in [6, 6.07) is 3.96. The molecule has 1 saturated heterocycles. The summed E-state index contributed by atoms with van der Waals surface area (Å²) in [5, 5.41) is 0. The van der Waals surface area contributed by atoms with Crippen LogP contribution < -0.4 is 9.46 Å². The molecule has 1 heterocycles. The lowest BCUT2D eigenvalue weighted by molar-refractivity contribution is -0.131. The summed E-state index contributed by atoms with van der Waals surface area (Å²) >= 11 is 0. The topological polar surface area (TPSA) is 75.7 Å². The van der Waals surface area contributed by atoms with Crippen molar-refractivity contribution in [3.8, 4) is 5.75 Å². The molecule has 0 aliphatic carbocycles. The van der Waals surface area contributed by atoms with Crippen molar-refractivity contribution in [2.24, 2.45) is 0 Å². The van der Waals surface area contributed by atoms with Crippen LogP contribution >= 0.6 is 0 Å². The quantitative estimate of drug-likeness (QED) is 0.885. The van der Waals surface area contributed by atoms with Gasteiger partial charge in [0.1, 0.15) is 5.75 Å². The van der Waals surface area contributed by atoms with Gasteiger partial charge in [-0.15, -0.1) is 0 Å². The number of hydrogen-bond donors (Lipinski definition) is 1. The van der Waals surface area contributed by atoms with Gasteiger partial charge in [0.2, 0.25) is 15.9 Å². The van der Waals surface area contributed by atoms with E-state index in [0.29, 0.717) is 24.4 Å². The molecule has 0 saturated carbocycles. The summed E-state index contributed by atoms with van der Waals surface area (Å²) < 4.78 is 32.5. The molecule has 2 rings (SSSR count). The lowest BCUT2D eigenvalue weighted by Gasteiger charge is -2.21. The van der Waals surface area contributed by atoms with Crippen molar-refractivity contribution in [1.82, 2.24) is 9.62 Å². The highest BCUT2D eigenvalue weighted by Gasteiger charge is 2.28. The van der Waals surface area contributed by atoms with Crippen molar-refractivity contribution in [2.75, 3.05) is 20.2 Å². The lowest BCUT2D eigenvalue weighted by Crippen LogP contribution is -2.45. The van der Waals surface area contributed by atoms with Crippen LogP contribution in [0.15, 0.2) is 23.1 Å². The van der Waals surface area contributed by atoms with Crippen molar-refractivity contribution < 1.29 is 17.9 Å². The predicted octanol–water partition coefficient (Wildman–Crippen LogP) is 1.29. The highest BCUT2D eigenvalue weighted by Crippen LogP contribution is 2.21. The van der Waals surface area contributed by atoms with Crippen molar-refractivity contribution in [3.05, 3.63) is 23.8 Å². The van der Waals surface area contributed by atoms with E-state index in [0.717, 1.165) is 12.8 Å². The number of ether oxygens (including phenoxy) is 1. The molecule has 6 nitrogen and oxygen atoms in total. The van der Waals surface area contributed by atoms with E-state index in [1.807, 2.05) is 0 Å². The second-order valence-electron chi connectivity index (χ2n) is 5.51. The minimum atomic E-state index is -3.74. The zero-order valence-electron chi connectivity index (χ0n) is 13.1. The SMILES string of the molecule is COc1ccc(S(=O)(=O)N[C@@H](C)C(=O)N2CCCC2)c(C)c1. The molecule has 1 aliphatic heterocycles. The minimum absolute atomic E-state index is 0.161. The first-order valence-corrected chi connectivity index (χ1v) is 8.79. The molecule has 0 unspecified atom stereocenters. The summed E-state index contributed by atoms with van der Waals surface area (Å²) in [4.78, 5) is 14.1. The maximum absolute atomic E-state index is 12.5. The predicted molar refractivity (Wildman–Crippen MR) is 83.3 cm³/mol. The van der Waals surface area contributed by atoms with Gasteiger partial charge in [-0.1, -0.05) is 0 Å². The van der Waals surface area contributed by atoms with Crippen molar-refractivity contribution >= 4 is 15.9 Å². The van der Waals surface area contributed by atoms with E-state index in [4.69, 9.17) is 4.74 Å². The van der Waals surface area contributed by atoms with Gasteiger partial charge in [0.05, 0.1) is 18.0 Å². The Bertz CT molecular complexity index is 652. The van der Waals surface area contributed by atoms with Gasteiger partial charge in [-0.2, -0.15) is 4.72 Å². The molecule has 7 heteroatoms. The molecule has 0 bridgehead atoms. The lowest BCUT2D eigenvalue weighted by atomic mass is 10.2. The Morgan fingerprint density at radius 1 is 1.32 bits per heavy atom. The molecule has 22 heavy (non-hydrogen) atoms. The van der Waals surface area contributed by atoms with Crippen molar-refractivity contribution in [2.45, 2.75) is 37.6 Å². The van der Waals surface area contributed by atoms with Crippen LogP contribution in [0.3, 0.4) is 0 Å². The van der Waals surface area contributed by atoms with E-state index in [1.54, 1.807) is 30.9 Å². The van der Waals surface area contributed by atoms with Gasteiger partial charge in [0.25, 0.3) is 0 Å². The molecule has 122 valence electrons. The summed E-state index contributed by atoms with van der Waals surface area (Å²) in [6.07, 6.45) is 1.95. The zero-order chi connectivity index (χ0) is 16.3. The van der Waals surface area contributed by atoms with Crippen LogP contribution in [0.25, 0.3) is 0 Å². The fourth-order valence-electron chi connectivity index (χ4n) is 2.61. The highest BCUT2D eigenvalue weighted by atomic mass is 32.2. The second kappa shape index (κ2) is 6.66. The molecule has 1 aromatic carbocycles. The third-order valence-electron chi connectivity index (χ3n) is 3.79. The molecule has 1 atom stereocenters. The summed E-state index contributed by atoms with van der Waals surface area (Å²) in [6.45, 7) is 4.68. The third kappa shape index (κ3) is 3.59. The van der Waals surface area contributed by atoms with Gasteiger partial charge in [-0.05, 0) is 50.5 Å². The smallest absolute Gasteiger partial charge is 0.241 e. The average Bonchev–Trinajstić information content (AvgIpc) is 2.99. The number of aryl methyl sites for hydroxylation is 1. The van der Waals surface area contributed by atoms with Gasteiger partial charge < -0.3 is 9.64 Å². The third-order valence-corrected chi connectivity index (χ3v) is 5.49. The van der Waals surface area contributed by atoms with E-state index in [1.165, 1.54) is 13.2 Å². The zero-order valence-corrected chi connectivity index (χ0v) is 13.9. The van der Waals surface area contributed by atoms with Gasteiger partial charge in [0, 0.05) is 13.1 Å². The number of likely N-dealkylation sites (tertiary alicyclic amines) is 1. The molecular formula is C15H22N2O4S. The van der Waals surface area contributed by atoms with Crippen LogP contribution in [0.5, 0.6) is 5.75 Å². The highest BCUT2D eigenvalue weighted by molar-refractivity contribution is 7.89. The Labute approximate surface area is 131 Å². The minimum Gasteiger partial charge on any atom is -0.497 e. The largest absolute Gasteiger partial charge is 0.497 e. The number of rotatable bonds is 5. The van der Waals surface area contributed by atoms with E-state index >= 15 is 0 Å². The monoisotopic (exact) mass is 326 g/mol. The van der Waals surface area contributed by atoms with Crippen LogP contribution in [-0.4, -0.2) is 45.5 Å². The number of sulfonamides is 1. The van der Waals surface area contributed by atoms with Crippen molar-refractivity contribution in [1.29, 1.82) is 0 Å². The first-order valence-electron chi connectivity index (χ1n) is 7.31. The van der Waals surface area contributed by atoms with Gasteiger partial charge in [-0.3, -0.25) is 4.79 Å². The molecule has 0 spiro atoms. The molecule has 1 N–H and O–H groups in total. The fraction of sp³-hybridized carbons (Fsp3) is 0.533. The number of hydrogen-bond acceptors (Lipinski definition) is 4. The Hall–Kier alpha value is -1.60. The Morgan fingerprint density at radius 2 is 1.95 bits per heavy atom. The number of carbonyl (C=O) groups is 1. The van der Waals surface area contributed by atoms with E-state index in [2.05, 4.69) is 4.72 Å². The van der Waals surface area contributed by atoms with Crippen LogP contribution in [0.1, 0.15) is 25.3 Å². The second-order valence-corrected chi connectivity index (χ2v) is 7.19. The summed E-state index contributed by atoms with van der Waals surface area (Å²) in [5.41, 5.74) is 0.577.